The zero-order valence-corrected chi connectivity index (χ0v) is 23.8. The van der Waals surface area contributed by atoms with Crippen LogP contribution in [0.25, 0.3) is 66.1 Å². The lowest BCUT2D eigenvalue weighted by Gasteiger charge is -2.28. The monoisotopic (exact) mass is 584 g/mol. The fraction of sp³-hybridized carbons (Fsp3) is 0. The molecule has 0 fully saturated rings. The van der Waals surface area contributed by atoms with Crippen LogP contribution in [0.15, 0.2) is 172 Å². The van der Waals surface area contributed by atoms with Gasteiger partial charge in [0, 0.05) is 38.5 Å². The summed E-state index contributed by atoms with van der Waals surface area (Å²) in [7, 11) is 0. The van der Waals surface area contributed by atoms with E-state index < -0.39 is 18.1 Å². The summed E-state index contributed by atoms with van der Waals surface area (Å²) in [5.74, 6) is 0. The molecule has 2 aromatic heterocycles. The smallest absolute Gasteiger partial charge is 0.160 e. The number of benzene rings is 7. The van der Waals surface area contributed by atoms with Gasteiger partial charge in [0.05, 0.1) is 15.3 Å². The van der Waals surface area contributed by atoms with Crippen molar-refractivity contribution < 1.29 is 18.4 Å². The molecular formula is C42H27NO2. The molecule has 0 amide bonds. The Balaban J connectivity index is 1.44. The first-order valence-electron chi connectivity index (χ1n) is 18.1. The van der Waals surface area contributed by atoms with Gasteiger partial charge >= 0.3 is 0 Å². The maximum absolute atomic E-state index is 9.78. The number of hydrogen-bond donors (Lipinski definition) is 0. The molecule has 0 atom stereocenters. The van der Waals surface area contributed by atoms with E-state index in [-0.39, 0.29) is 51.8 Å². The molecule has 0 aliphatic heterocycles. The second-order valence-electron chi connectivity index (χ2n) is 10.8. The Morgan fingerprint density at radius 1 is 0.444 bits per heavy atom. The minimum atomic E-state index is -0.481. The molecule has 212 valence electrons. The molecule has 0 saturated heterocycles. The third kappa shape index (κ3) is 4.21. The Labute approximate surface area is 270 Å². The van der Waals surface area contributed by atoms with Gasteiger partial charge in [-0.25, -0.2) is 0 Å². The largest absolute Gasteiger partial charge is 0.456 e. The highest BCUT2D eigenvalue weighted by Gasteiger charge is 2.24. The molecular weight excluding hydrogens is 550 g/mol. The first kappa shape index (κ1) is 19.3. The van der Waals surface area contributed by atoms with Gasteiger partial charge in [-0.15, -0.1) is 0 Å². The Bertz CT molecular complexity index is 2870. The first-order valence-corrected chi connectivity index (χ1v) is 14.6. The van der Waals surface area contributed by atoms with Gasteiger partial charge in [-0.3, -0.25) is 0 Å². The number of anilines is 3. The van der Waals surface area contributed by atoms with Gasteiger partial charge in [0.15, 0.2) is 5.58 Å². The standard InChI is InChI=1S/C42H27NO2/c1-3-11-28(12-4-1)29-19-21-31(22-20-29)43(32-23-26-40-37(27-32)35-16-8-9-17-38(35)44-40)41-33(30-13-5-2-6-14-30)24-25-36-34-15-7-10-18-39(34)45-42(36)41/h1-27H/i8D,9D,16D,17D,23D,26D,27D. The summed E-state index contributed by atoms with van der Waals surface area (Å²) in [4.78, 5) is 1.77. The zero-order valence-electron chi connectivity index (χ0n) is 30.8. The van der Waals surface area contributed by atoms with Crippen molar-refractivity contribution in [3.8, 4) is 22.3 Å². The molecule has 7 aromatic carbocycles. The van der Waals surface area contributed by atoms with Crippen LogP contribution in [0.1, 0.15) is 9.60 Å². The van der Waals surface area contributed by atoms with Gasteiger partial charge < -0.3 is 13.7 Å². The summed E-state index contributed by atoms with van der Waals surface area (Å²) < 4.78 is 75.0. The molecule has 0 radical (unpaired) electrons. The highest BCUT2D eigenvalue weighted by atomic mass is 16.3. The summed E-state index contributed by atoms with van der Waals surface area (Å²) in [5, 5.41) is 1.74. The SMILES string of the molecule is [2H]c1c([2H])c([2H])c2c(oc3c([2H])c([2H])c(N(c4ccc(-c5ccccc5)cc4)c4c(-c5ccccc5)ccc5c4oc4ccccc45)c([2H])c32)c1[2H]. The molecule has 9 rings (SSSR count). The van der Waals surface area contributed by atoms with Crippen LogP contribution in [0.3, 0.4) is 0 Å². The van der Waals surface area contributed by atoms with Crippen LogP contribution in [-0.2, 0) is 0 Å². The molecule has 9 aromatic rings. The minimum Gasteiger partial charge on any atom is -0.456 e. The summed E-state index contributed by atoms with van der Waals surface area (Å²) in [6.45, 7) is 0. The predicted molar refractivity (Wildman–Crippen MR) is 187 cm³/mol. The summed E-state index contributed by atoms with van der Waals surface area (Å²) >= 11 is 0. The van der Waals surface area contributed by atoms with Crippen LogP contribution in [-0.4, -0.2) is 0 Å². The van der Waals surface area contributed by atoms with Crippen LogP contribution in [0.4, 0.5) is 17.1 Å². The van der Waals surface area contributed by atoms with Crippen molar-refractivity contribution in [1.29, 1.82) is 0 Å². The highest BCUT2D eigenvalue weighted by Crippen LogP contribution is 2.48. The van der Waals surface area contributed by atoms with E-state index in [0.717, 1.165) is 33.0 Å². The topological polar surface area (TPSA) is 29.5 Å². The number of fused-ring (bicyclic) bond motifs is 6. The summed E-state index contributed by atoms with van der Waals surface area (Å²) in [6.07, 6.45) is 0. The Hall–Kier alpha value is -6.06. The fourth-order valence-corrected chi connectivity index (χ4v) is 6.06. The first-order chi connectivity index (χ1) is 25.2. The molecule has 0 aliphatic carbocycles. The van der Waals surface area contributed by atoms with E-state index in [4.69, 9.17) is 14.3 Å². The van der Waals surface area contributed by atoms with E-state index in [1.54, 1.807) is 4.90 Å². The van der Waals surface area contributed by atoms with Gasteiger partial charge in [-0.2, -0.15) is 0 Å². The summed E-state index contributed by atoms with van der Waals surface area (Å²) in [5.41, 5.74) is 5.61. The Morgan fingerprint density at radius 3 is 1.96 bits per heavy atom. The van der Waals surface area contributed by atoms with Crippen LogP contribution in [0.2, 0.25) is 0 Å². The number of nitrogens with zero attached hydrogens (tertiary/aromatic N) is 1. The van der Waals surface area contributed by atoms with Crippen molar-refractivity contribution in [2.75, 3.05) is 4.90 Å². The normalized spacial score (nSPS) is 13.7. The van der Waals surface area contributed by atoms with Gasteiger partial charge in [0.2, 0.25) is 0 Å². The lowest BCUT2D eigenvalue weighted by atomic mass is 9.98. The maximum atomic E-state index is 9.78. The van der Waals surface area contributed by atoms with Crippen LogP contribution >= 0.6 is 0 Å². The number of rotatable bonds is 5. The van der Waals surface area contributed by atoms with Gasteiger partial charge in [-0.1, -0.05) is 115 Å². The average Bonchev–Trinajstić information content (AvgIpc) is 3.78. The molecule has 0 bridgehead atoms. The number of furan rings is 2. The molecule has 2 heterocycles. The molecule has 3 heteroatoms. The van der Waals surface area contributed by atoms with E-state index in [0.29, 0.717) is 22.5 Å². The van der Waals surface area contributed by atoms with E-state index in [2.05, 4.69) is 0 Å². The van der Waals surface area contributed by atoms with Gasteiger partial charge in [0.1, 0.15) is 16.7 Å². The molecule has 0 N–H and O–H groups in total. The molecule has 0 saturated carbocycles. The van der Waals surface area contributed by atoms with Crippen molar-refractivity contribution in [3.05, 3.63) is 164 Å². The molecule has 3 nitrogen and oxygen atoms in total. The van der Waals surface area contributed by atoms with Crippen molar-refractivity contribution in [2.24, 2.45) is 0 Å². The maximum Gasteiger partial charge on any atom is 0.160 e. The Morgan fingerprint density at radius 2 is 1.13 bits per heavy atom. The lowest BCUT2D eigenvalue weighted by Crippen LogP contribution is -2.11. The van der Waals surface area contributed by atoms with E-state index in [1.165, 1.54) is 0 Å². The molecule has 0 unspecified atom stereocenters. The van der Waals surface area contributed by atoms with Gasteiger partial charge in [-0.05, 0) is 65.1 Å². The number of para-hydroxylation sites is 2. The van der Waals surface area contributed by atoms with Crippen molar-refractivity contribution in [3.63, 3.8) is 0 Å². The molecule has 0 aliphatic rings. The third-order valence-corrected chi connectivity index (χ3v) is 8.16. The number of hydrogen-bond acceptors (Lipinski definition) is 3. The predicted octanol–water partition coefficient (Wildman–Crippen LogP) is 12.3. The van der Waals surface area contributed by atoms with E-state index >= 15 is 0 Å². The molecule has 45 heavy (non-hydrogen) atoms. The van der Waals surface area contributed by atoms with E-state index in [9.17, 15) is 4.11 Å². The quantitative estimate of drug-likeness (QED) is 0.201. The average molecular weight is 585 g/mol. The van der Waals surface area contributed by atoms with Crippen LogP contribution < -0.4 is 4.90 Å². The highest BCUT2D eigenvalue weighted by molar-refractivity contribution is 6.14. The summed E-state index contributed by atoms with van der Waals surface area (Å²) in [6, 6.07) is 36.5. The van der Waals surface area contributed by atoms with Crippen LogP contribution in [0.5, 0.6) is 0 Å². The third-order valence-electron chi connectivity index (χ3n) is 8.16. The Kier molecular flexibility index (Phi) is 4.40. The van der Waals surface area contributed by atoms with Crippen molar-refractivity contribution >= 4 is 60.9 Å². The fourth-order valence-electron chi connectivity index (χ4n) is 6.06. The molecule has 0 spiro atoms. The second-order valence-corrected chi connectivity index (χ2v) is 10.8. The minimum absolute atomic E-state index is 0.00893. The van der Waals surface area contributed by atoms with E-state index in [1.807, 2.05) is 121 Å². The van der Waals surface area contributed by atoms with Crippen LogP contribution in [0, 0.1) is 0 Å². The second kappa shape index (κ2) is 10.3. The van der Waals surface area contributed by atoms with Crippen molar-refractivity contribution in [1.82, 2.24) is 0 Å². The zero-order chi connectivity index (χ0) is 35.8. The van der Waals surface area contributed by atoms with Gasteiger partial charge in [0.25, 0.3) is 0 Å². The lowest BCUT2D eigenvalue weighted by molar-refractivity contribution is 0.669. The van der Waals surface area contributed by atoms with Crippen molar-refractivity contribution in [2.45, 2.75) is 0 Å².